The number of carbonyl (C=O) groups excluding carboxylic acids is 1. The average molecular weight is 397 g/mol. The lowest BCUT2D eigenvalue weighted by Crippen LogP contribution is -2.43. The lowest BCUT2D eigenvalue weighted by Gasteiger charge is -2.41. The normalized spacial score (nSPS) is 21.7. The average Bonchev–Trinajstić information content (AvgIpc) is 3.14. The number of rotatable bonds is 2. The van der Waals surface area contributed by atoms with Gasteiger partial charge in [-0.25, -0.2) is 4.98 Å². The van der Waals surface area contributed by atoms with E-state index in [0.717, 1.165) is 48.9 Å². The molecule has 1 aromatic carbocycles. The summed E-state index contributed by atoms with van der Waals surface area (Å²) in [4.78, 5) is 30.9. The van der Waals surface area contributed by atoms with Crippen LogP contribution >= 0.6 is 11.8 Å². The molecule has 0 amide bonds. The van der Waals surface area contributed by atoms with E-state index in [1.54, 1.807) is 11.5 Å². The first-order valence-electron chi connectivity index (χ1n) is 10.2. The summed E-state index contributed by atoms with van der Waals surface area (Å²) in [5, 5.41) is 0.256. The zero-order valence-electron chi connectivity index (χ0n) is 16.1. The summed E-state index contributed by atoms with van der Waals surface area (Å²) in [6.07, 6.45) is 6.55. The Balaban J connectivity index is 1.68. The first-order chi connectivity index (χ1) is 13.6. The molecule has 0 saturated heterocycles. The number of nitrogens with zero attached hydrogens (tertiary/aromatic N) is 2. The summed E-state index contributed by atoms with van der Waals surface area (Å²) < 4.78 is 6.90. The molecule has 1 unspecified atom stereocenters. The predicted octanol–water partition coefficient (Wildman–Crippen LogP) is 3.71. The van der Waals surface area contributed by atoms with E-state index in [4.69, 9.17) is 9.72 Å². The molecule has 1 fully saturated rings. The Kier molecular flexibility index (Phi) is 4.34. The second-order valence-corrected chi connectivity index (χ2v) is 9.24. The Morgan fingerprint density at radius 1 is 1.29 bits per heavy atom. The van der Waals surface area contributed by atoms with E-state index in [0.29, 0.717) is 18.3 Å². The lowest BCUT2D eigenvalue weighted by atomic mass is 9.62. The molecule has 0 radical (unpaired) electrons. The predicted molar refractivity (Wildman–Crippen MR) is 109 cm³/mol. The molecular weight excluding hydrogens is 372 g/mol. The highest BCUT2D eigenvalue weighted by atomic mass is 32.2. The number of carbonyl (C=O) groups is 1. The van der Waals surface area contributed by atoms with Gasteiger partial charge in [-0.05, 0) is 31.7 Å². The van der Waals surface area contributed by atoms with Gasteiger partial charge in [-0.2, -0.15) is 0 Å². The Bertz CT molecular complexity index is 1010. The van der Waals surface area contributed by atoms with Crippen molar-refractivity contribution < 1.29 is 9.53 Å². The molecule has 1 atom stereocenters. The van der Waals surface area contributed by atoms with Crippen LogP contribution in [0.25, 0.3) is 11.3 Å². The fourth-order valence-corrected chi connectivity index (χ4v) is 6.23. The molecule has 1 spiro atoms. The van der Waals surface area contributed by atoms with E-state index in [9.17, 15) is 9.59 Å². The molecule has 2 aromatic rings. The molecule has 28 heavy (non-hydrogen) atoms. The number of aromatic nitrogens is 2. The topological polar surface area (TPSA) is 61.2 Å². The first-order valence-corrected chi connectivity index (χ1v) is 11.1. The van der Waals surface area contributed by atoms with Gasteiger partial charge in [0, 0.05) is 11.0 Å². The fourth-order valence-electron chi connectivity index (χ4n) is 5.16. The van der Waals surface area contributed by atoms with Gasteiger partial charge >= 0.3 is 5.97 Å². The van der Waals surface area contributed by atoms with Crippen molar-refractivity contribution in [1.29, 1.82) is 0 Å². The number of ether oxygens (including phenoxy) is 1. The SMILES string of the molecule is CCOC(=O)C1Cn2c(nc3c(c2=O)C2(CCCCC2)Cc2ccccc2-3)S1. The third-order valence-corrected chi connectivity index (χ3v) is 7.57. The Morgan fingerprint density at radius 3 is 2.86 bits per heavy atom. The Hall–Kier alpha value is -2.08. The van der Waals surface area contributed by atoms with E-state index >= 15 is 0 Å². The zero-order chi connectivity index (χ0) is 19.3. The maximum absolute atomic E-state index is 13.7. The second-order valence-electron chi connectivity index (χ2n) is 8.07. The van der Waals surface area contributed by atoms with Crippen molar-refractivity contribution in [3.05, 3.63) is 45.7 Å². The summed E-state index contributed by atoms with van der Waals surface area (Å²) in [7, 11) is 0. The van der Waals surface area contributed by atoms with Crippen LogP contribution in [-0.2, 0) is 27.9 Å². The molecule has 0 bridgehead atoms. The van der Waals surface area contributed by atoms with Gasteiger partial charge in [0.25, 0.3) is 5.56 Å². The number of esters is 1. The van der Waals surface area contributed by atoms with Crippen molar-refractivity contribution in [2.75, 3.05) is 6.61 Å². The largest absolute Gasteiger partial charge is 0.465 e. The first kappa shape index (κ1) is 18.0. The van der Waals surface area contributed by atoms with Gasteiger partial charge in [0.15, 0.2) is 5.16 Å². The maximum atomic E-state index is 13.7. The molecule has 2 heterocycles. The van der Waals surface area contributed by atoms with Gasteiger partial charge in [0.2, 0.25) is 0 Å². The monoisotopic (exact) mass is 396 g/mol. The molecule has 146 valence electrons. The molecule has 0 N–H and O–H groups in total. The van der Waals surface area contributed by atoms with Crippen LogP contribution in [0.4, 0.5) is 0 Å². The minimum atomic E-state index is -0.387. The molecule has 1 aromatic heterocycles. The summed E-state index contributed by atoms with van der Waals surface area (Å²) in [6, 6.07) is 8.35. The van der Waals surface area contributed by atoms with Crippen LogP contribution in [0.3, 0.4) is 0 Å². The van der Waals surface area contributed by atoms with Gasteiger partial charge < -0.3 is 4.74 Å². The smallest absolute Gasteiger partial charge is 0.321 e. The van der Waals surface area contributed by atoms with E-state index < -0.39 is 0 Å². The number of hydrogen-bond donors (Lipinski definition) is 0. The van der Waals surface area contributed by atoms with Crippen LogP contribution in [0.2, 0.25) is 0 Å². The highest BCUT2D eigenvalue weighted by Crippen LogP contribution is 2.49. The quantitative estimate of drug-likeness (QED) is 0.572. The molecule has 3 aliphatic rings. The van der Waals surface area contributed by atoms with Gasteiger partial charge in [-0.15, -0.1) is 0 Å². The molecule has 1 aliphatic heterocycles. The molecule has 1 saturated carbocycles. The van der Waals surface area contributed by atoms with Crippen LogP contribution in [0, 0.1) is 0 Å². The third kappa shape index (κ3) is 2.65. The van der Waals surface area contributed by atoms with Crippen LogP contribution in [0.5, 0.6) is 0 Å². The highest BCUT2D eigenvalue weighted by Gasteiger charge is 2.44. The standard InChI is InChI=1S/C22H24N2O3S/c1-2-27-20(26)16-13-24-19(25)17-18(23-21(24)28-16)15-9-5-4-8-14(15)12-22(17)10-6-3-7-11-22/h4-5,8-9,16H,2-3,6-7,10-13H2,1H3. The van der Waals surface area contributed by atoms with Gasteiger partial charge in [-0.1, -0.05) is 55.3 Å². The van der Waals surface area contributed by atoms with Gasteiger partial charge in [0.05, 0.1) is 24.4 Å². The van der Waals surface area contributed by atoms with Crippen molar-refractivity contribution in [3.63, 3.8) is 0 Å². The van der Waals surface area contributed by atoms with Crippen LogP contribution < -0.4 is 5.56 Å². The second kappa shape index (κ2) is 6.76. The Labute approximate surface area is 168 Å². The number of thioether (sulfide) groups is 1. The van der Waals surface area contributed by atoms with Crippen molar-refractivity contribution in [3.8, 4) is 11.3 Å². The summed E-state index contributed by atoms with van der Waals surface area (Å²) in [5.74, 6) is -0.261. The van der Waals surface area contributed by atoms with Gasteiger partial charge in [0.1, 0.15) is 5.25 Å². The van der Waals surface area contributed by atoms with Crippen molar-refractivity contribution in [1.82, 2.24) is 9.55 Å². The van der Waals surface area contributed by atoms with E-state index in [-0.39, 0.29) is 22.2 Å². The maximum Gasteiger partial charge on any atom is 0.321 e. The summed E-state index contributed by atoms with van der Waals surface area (Å²) >= 11 is 1.36. The van der Waals surface area contributed by atoms with Crippen molar-refractivity contribution in [2.24, 2.45) is 0 Å². The molecule has 6 heteroatoms. The number of fused-ring (bicyclic) bond motifs is 5. The van der Waals surface area contributed by atoms with Crippen molar-refractivity contribution >= 4 is 17.7 Å². The van der Waals surface area contributed by atoms with Gasteiger partial charge in [-0.3, -0.25) is 14.2 Å². The Morgan fingerprint density at radius 2 is 2.07 bits per heavy atom. The number of hydrogen-bond acceptors (Lipinski definition) is 5. The highest BCUT2D eigenvalue weighted by molar-refractivity contribution is 8.00. The molecule has 2 aliphatic carbocycles. The minimum absolute atomic E-state index is 0.0516. The van der Waals surface area contributed by atoms with Crippen LogP contribution in [0.15, 0.2) is 34.2 Å². The zero-order valence-corrected chi connectivity index (χ0v) is 16.9. The minimum Gasteiger partial charge on any atom is -0.465 e. The van der Waals surface area contributed by atoms with E-state index in [2.05, 4.69) is 18.2 Å². The van der Waals surface area contributed by atoms with Crippen LogP contribution in [0.1, 0.15) is 50.2 Å². The molecule has 5 nitrogen and oxygen atoms in total. The molecular formula is C22H24N2O3S. The number of benzene rings is 1. The van der Waals surface area contributed by atoms with Crippen molar-refractivity contribution in [2.45, 2.75) is 67.8 Å². The van der Waals surface area contributed by atoms with Crippen LogP contribution in [-0.4, -0.2) is 27.4 Å². The van der Waals surface area contributed by atoms with E-state index in [1.807, 2.05) is 6.07 Å². The fraction of sp³-hybridized carbons (Fsp3) is 0.500. The lowest BCUT2D eigenvalue weighted by molar-refractivity contribution is -0.142. The summed E-state index contributed by atoms with van der Waals surface area (Å²) in [6.45, 7) is 2.51. The summed E-state index contributed by atoms with van der Waals surface area (Å²) in [5.41, 5.74) is 4.04. The third-order valence-electron chi connectivity index (χ3n) is 6.42. The molecule has 5 rings (SSSR count). The van der Waals surface area contributed by atoms with E-state index in [1.165, 1.54) is 23.7 Å².